The van der Waals surface area contributed by atoms with Gasteiger partial charge in [-0.2, -0.15) is 0 Å². The SMILES string of the molecule is Cc1ccc(BOC(C)(C)C(C)(C)O)c(C)c1. The molecule has 0 heterocycles. The van der Waals surface area contributed by atoms with Crippen LogP contribution in [0.3, 0.4) is 0 Å². The third-order valence-corrected chi connectivity index (χ3v) is 3.56. The zero-order chi connectivity index (χ0) is 13.3. The zero-order valence-corrected chi connectivity index (χ0v) is 11.8. The van der Waals surface area contributed by atoms with Gasteiger partial charge in [-0.05, 0) is 47.0 Å². The van der Waals surface area contributed by atoms with E-state index < -0.39 is 11.2 Å². The van der Waals surface area contributed by atoms with Crippen molar-refractivity contribution in [1.29, 1.82) is 0 Å². The second-order valence-electron chi connectivity index (χ2n) is 5.79. The van der Waals surface area contributed by atoms with E-state index in [1.54, 1.807) is 13.8 Å². The number of hydrogen-bond donors (Lipinski definition) is 1. The lowest BCUT2D eigenvalue weighted by atomic mass is 9.80. The molecule has 0 aliphatic heterocycles. The number of aliphatic hydroxyl groups is 1. The number of hydrogen-bond acceptors (Lipinski definition) is 2. The topological polar surface area (TPSA) is 29.5 Å². The summed E-state index contributed by atoms with van der Waals surface area (Å²) in [5, 5.41) is 10.0. The molecular formula is C14H23BO2. The summed E-state index contributed by atoms with van der Waals surface area (Å²) in [7, 11) is 0.531. The molecule has 0 aromatic heterocycles. The first-order valence-electron chi connectivity index (χ1n) is 6.06. The summed E-state index contributed by atoms with van der Waals surface area (Å²) < 4.78 is 5.85. The quantitative estimate of drug-likeness (QED) is 0.805. The van der Waals surface area contributed by atoms with E-state index in [1.165, 1.54) is 16.6 Å². The summed E-state index contributed by atoms with van der Waals surface area (Å²) in [5.41, 5.74) is 2.24. The van der Waals surface area contributed by atoms with Gasteiger partial charge < -0.3 is 9.76 Å². The molecule has 0 aliphatic rings. The van der Waals surface area contributed by atoms with Crippen LogP contribution in [0.1, 0.15) is 38.8 Å². The fourth-order valence-corrected chi connectivity index (χ4v) is 1.44. The van der Waals surface area contributed by atoms with E-state index in [2.05, 4.69) is 32.0 Å². The lowest BCUT2D eigenvalue weighted by molar-refractivity contribution is -0.0893. The predicted molar refractivity (Wildman–Crippen MR) is 74.2 cm³/mol. The van der Waals surface area contributed by atoms with Gasteiger partial charge in [0.05, 0.1) is 11.2 Å². The van der Waals surface area contributed by atoms with E-state index in [4.69, 9.17) is 4.65 Å². The van der Waals surface area contributed by atoms with E-state index >= 15 is 0 Å². The molecule has 1 N–H and O–H groups in total. The standard InChI is InChI=1S/C14H23BO2/c1-10-7-8-12(11(2)9-10)15-17-14(5,6)13(3,4)16/h7-9,15-16H,1-6H3. The van der Waals surface area contributed by atoms with Crippen molar-refractivity contribution in [2.24, 2.45) is 0 Å². The van der Waals surface area contributed by atoms with Crippen molar-refractivity contribution >= 4 is 12.9 Å². The van der Waals surface area contributed by atoms with Crippen LogP contribution in [0.25, 0.3) is 0 Å². The largest absolute Gasteiger partial charge is 0.427 e. The molecule has 0 radical (unpaired) electrons. The Morgan fingerprint density at radius 2 is 1.71 bits per heavy atom. The van der Waals surface area contributed by atoms with E-state index in [9.17, 15) is 5.11 Å². The highest BCUT2D eigenvalue weighted by Gasteiger charge is 2.35. The molecule has 2 nitrogen and oxygen atoms in total. The first-order chi connectivity index (χ1) is 7.63. The van der Waals surface area contributed by atoms with Gasteiger partial charge in [0, 0.05) is 0 Å². The molecule has 94 valence electrons. The van der Waals surface area contributed by atoms with Crippen LogP contribution in [0, 0.1) is 13.8 Å². The van der Waals surface area contributed by atoms with E-state index in [0.717, 1.165) is 0 Å². The van der Waals surface area contributed by atoms with Crippen molar-refractivity contribution in [3.8, 4) is 0 Å². The normalized spacial score (nSPS) is 12.6. The minimum Gasteiger partial charge on any atom is -0.427 e. The molecule has 1 rings (SSSR count). The molecule has 1 aromatic rings. The van der Waals surface area contributed by atoms with Gasteiger partial charge in [0.15, 0.2) is 0 Å². The highest BCUT2D eigenvalue weighted by molar-refractivity contribution is 6.47. The smallest absolute Gasteiger partial charge is 0.309 e. The third kappa shape index (κ3) is 3.58. The Morgan fingerprint density at radius 1 is 1.12 bits per heavy atom. The zero-order valence-electron chi connectivity index (χ0n) is 11.8. The van der Waals surface area contributed by atoms with Crippen LogP contribution in [0.2, 0.25) is 0 Å². The van der Waals surface area contributed by atoms with Crippen LogP contribution < -0.4 is 5.46 Å². The van der Waals surface area contributed by atoms with Crippen LogP contribution in [-0.2, 0) is 4.65 Å². The highest BCUT2D eigenvalue weighted by Crippen LogP contribution is 2.24. The molecule has 3 heteroatoms. The number of aryl methyl sites for hydroxylation is 2. The average molecular weight is 234 g/mol. The minimum atomic E-state index is -0.856. The highest BCUT2D eigenvalue weighted by atomic mass is 16.5. The number of benzene rings is 1. The second-order valence-corrected chi connectivity index (χ2v) is 5.79. The lowest BCUT2D eigenvalue weighted by Crippen LogP contribution is -2.49. The molecule has 0 fully saturated rings. The van der Waals surface area contributed by atoms with Crippen molar-refractivity contribution < 1.29 is 9.76 Å². The van der Waals surface area contributed by atoms with Crippen LogP contribution in [0.5, 0.6) is 0 Å². The maximum absolute atomic E-state index is 10.0. The average Bonchev–Trinajstić information content (AvgIpc) is 2.14. The molecule has 1 aromatic carbocycles. The molecule has 0 saturated heterocycles. The van der Waals surface area contributed by atoms with Crippen LogP contribution >= 0.6 is 0 Å². The summed E-state index contributed by atoms with van der Waals surface area (Å²) in [4.78, 5) is 0. The van der Waals surface area contributed by atoms with Crippen LogP contribution in [0.4, 0.5) is 0 Å². The molecule has 0 saturated carbocycles. The van der Waals surface area contributed by atoms with Crippen LogP contribution in [0.15, 0.2) is 18.2 Å². The first-order valence-corrected chi connectivity index (χ1v) is 6.06. The van der Waals surface area contributed by atoms with Crippen molar-refractivity contribution in [3.05, 3.63) is 29.3 Å². The summed E-state index contributed by atoms with van der Waals surface area (Å²) in [6.45, 7) is 11.5. The van der Waals surface area contributed by atoms with E-state index in [1.807, 2.05) is 13.8 Å². The van der Waals surface area contributed by atoms with Crippen molar-refractivity contribution in [1.82, 2.24) is 0 Å². The molecule has 0 atom stereocenters. The van der Waals surface area contributed by atoms with E-state index in [0.29, 0.717) is 7.48 Å². The van der Waals surface area contributed by atoms with Gasteiger partial charge in [-0.15, -0.1) is 0 Å². The Hall–Kier alpha value is -0.795. The fraction of sp³-hybridized carbons (Fsp3) is 0.571. The maximum atomic E-state index is 10.0. The molecule has 0 amide bonds. The van der Waals surface area contributed by atoms with Crippen LogP contribution in [-0.4, -0.2) is 23.8 Å². The summed E-state index contributed by atoms with van der Waals surface area (Å²) >= 11 is 0. The fourth-order valence-electron chi connectivity index (χ4n) is 1.44. The van der Waals surface area contributed by atoms with Gasteiger partial charge >= 0.3 is 7.48 Å². The molecule has 17 heavy (non-hydrogen) atoms. The van der Waals surface area contributed by atoms with Gasteiger partial charge in [-0.3, -0.25) is 0 Å². The van der Waals surface area contributed by atoms with Gasteiger partial charge in [-0.25, -0.2) is 0 Å². The monoisotopic (exact) mass is 234 g/mol. The molecule has 0 aliphatic carbocycles. The van der Waals surface area contributed by atoms with Gasteiger partial charge in [0.2, 0.25) is 0 Å². The molecule has 0 unspecified atom stereocenters. The number of rotatable bonds is 4. The van der Waals surface area contributed by atoms with Crippen molar-refractivity contribution in [3.63, 3.8) is 0 Å². The van der Waals surface area contributed by atoms with Gasteiger partial charge in [-0.1, -0.05) is 29.3 Å². The maximum Gasteiger partial charge on any atom is 0.309 e. The van der Waals surface area contributed by atoms with Crippen molar-refractivity contribution in [2.75, 3.05) is 0 Å². The Labute approximate surface area is 105 Å². The second kappa shape index (κ2) is 4.83. The Kier molecular flexibility index (Phi) is 4.05. The minimum absolute atomic E-state index is 0.531. The summed E-state index contributed by atoms with van der Waals surface area (Å²) in [6.07, 6.45) is 0. The first kappa shape index (κ1) is 14.3. The van der Waals surface area contributed by atoms with Gasteiger partial charge in [0.25, 0.3) is 0 Å². The lowest BCUT2D eigenvalue weighted by Gasteiger charge is -2.37. The summed E-state index contributed by atoms with van der Waals surface area (Å²) in [5.74, 6) is 0. The van der Waals surface area contributed by atoms with E-state index in [-0.39, 0.29) is 0 Å². The Bertz CT molecular complexity index is 392. The Morgan fingerprint density at radius 3 is 2.18 bits per heavy atom. The van der Waals surface area contributed by atoms with Crippen molar-refractivity contribution in [2.45, 2.75) is 52.7 Å². The molecular weight excluding hydrogens is 211 g/mol. The Balaban J connectivity index is 2.74. The molecule has 0 spiro atoms. The summed E-state index contributed by atoms with van der Waals surface area (Å²) in [6, 6.07) is 6.32. The molecule has 0 bridgehead atoms. The predicted octanol–water partition coefficient (Wildman–Crippen LogP) is 1.85. The third-order valence-electron chi connectivity index (χ3n) is 3.56. The van der Waals surface area contributed by atoms with Gasteiger partial charge in [0.1, 0.15) is 0 Å².